The largest absolute Gasteiger partial charge is 0.497 e. The summed E-state index contributed by atoms with van der Waals surface area (Å²) in [7, 11) is 1.62. The average molecular weight is 297 g/mol. The number of rotatable bonds is 4. The number of hydrogen-bond donors (Lipinski definition) is 1. The summed E-state index contributed by atoms with van der Waals surface area (Å²) in [6.07, 6.45) is 4.49. The van der Waals surface area contributed by atoms with E-state index in [9.17, 15) is 4.79 Å². The Bertz CT molecular complexity index is 628. The van der Waals surface area contributed by atoms with Gasteiger partial charge in [0.25, 0.3) is 5.91 Å². The van der Waals surface area contributed by atoms with Gasteiger partial charge in [-0.2, -0.15) is 0 Å². The summed E-state index contributed by atoms with van der Waals surface area (Å²) in [5.41, 5.74) is 1.69. The van der Waals surface area contributed by atoms with Crippen molar-refractivity contribution < 1.29 is 9.53 Å². The Morgan fingerprint density at radius 1 is 1.32 bits per heavy atom. The summed E-state index contributed by atoms with van der Waals surface area (Å²) >= 11 is 0. The number of anilines is 1. The summed E-state index contributed by atoms with van der Waals surface area (Å²) in [5.74, 6) is 0.826. The highest BCUT2D eigenvalue weighted by molar-refractivity contribution is 5.94. The van der Waals surface area contributed by atoms with Crippen LogP contribution in [0.1, 0.15) is 16.8 Å². The molecule has 0 bridgehead atoms. The normalized spacial score (nSPS) is 17.3. The number of aromatic nitrogens is 1. The van der Waals surface area contributed by atoms with Gasteiger partial charge >= 0.3 is 0 Å². The first-order chi connectivity index (χ1) is 10.8. The van der Waals surface area contributed by atoms with Gasteiger partial charge in [0.2, 0.25) is 0 Å². The van der Waals surface area contributed by atoms with Crippen molar-refractivity contribution in [1.29, 1.82) is 0 Å². The number of methoxy groups -OCH3 is 1. The minimum Gasteiger partial charge on any atom is -0.497 e. The third kappa shape index (κ3) is 3.19. The molecular weight excluding hydrogens is 278 g/mol. The maximum Gasteiger partial charge on any atom is 0.253 e. The van der Waals surface area contributed by atoms with Crippen molar-refractivity contribution in [2.24, 2.45) is 0 Å². The monoisotopic (exact) mass is 297 g/mol. The fourth-order valence-electron chi connectivity index (χ4n) is 2.66. The molecule has 5 nitrogen and oxygen atoms in total. The molecule has 1 aliphatic heterocycles. The van der Waals surface area contributed by atoms with Gasteiger partial charge in [0, 0.05) is 37.1 Å². The van der Waals surface area contributed by atoms with Gasteiger partial charge in [0.05, 0.1) is 12.8 Å². The molecule has 22 heavy (non-hydrogen) atoms. The van der Waals surface area contributed by atoms with E-state index in [4.69, 9.17) is 4.74 Å². The molecule has 0 spiro atoms. The maximum absolute atomic E-state index is 12.5. The van der Waals surface area contributed by atoms with Crippen LogP contribution in [0.2, 0.25) is 0 Å². The van der Waals surface area contributed by atoms with E-state index in [0.717, 1.165) is 24.4 Å². The molecule has 114 valence electrons. The van der Waals surface area contributed by atoms with E-state index in [1.165, 1.54) is 0 Å². The van der Waals surface area contributed by atoms with Crippen LogP contribution in [0.3, 0.4) is 0 Å². The molecule has 5 heteroatoms. The van der Waals surface area contributed by atoms with Crippen molar-refractivity contribution in [1.82, 2.24) is 9.88 Å². The predicted molar refractivity (Wildman–Crippen MR) is 85.2 cm³/mol. The molecule has 2 aromatic rings. The molecule has 1 aromatic heterocycles. The summed E-state index contributed by atoms with van der Waals surface area (Å²) in [6.45, 7) is 1.47. The number of nitrogens with one attached hydrogen (secondary N) is 1. The van der Waals surface area contributed by atoms with Gasteiger partial charge in [0.15, 0.2) is 0 Å². The van der Waals surface area contributed by atoms with E-state index in [1.807, 2.05) is 41.3 Å². The molecule has 3 rings (SSSR count). The number of ether oxygens (including phenoxy) is 1. The van der Waals surface area contributed by atoms with Crippen molar-refractivity contribution in [2.75, 3.05) is 25.5 Å². The number of carbonyl (C=O) groups is 1. The molecule has 0 unspecified atom stereocenters. The molecule has 0 saturated carbocycles. The Balaban J connectivity index is 1.60. The first-order valence-electron chi connectivity index (χ1n) is 7.36. The molecule has 1 saturated heterocycles. The SMILES string of the molecule is COc1ccc(C(=O)N2CC[C@H](Nc3cccnc3)C2)cc1. The zero-order chi connectivity index (χ0) is 15.4. The van der Waals surface area contributed by atoms with Crippen LogP contribution >= 0.6 is 0 Å². The zero-order valence-corrected chi connectivity index (χ0v) is 12.5. The topological polar surface area (TPSA) is 54.5 Å². The lowest BCUT2D eigenvalue weighted by molar-refractivity contribution is 0.0791. The van der Waals surface area contributed by atoms with Crippen LogP contribution in [-0.4, -0.2) is 42.0 Å². The van der Waals surface area contributed by atoms with Gasteiger partial charge in [-0.05, 0) is 42.8 Å². The minimum absolute atomic E-state index is 0.0677. The Hall–Kier alpha value is -2.56. The summed E-state index contributed by atoms with van der Waals surface area (Å²) in [5, 5.41) is 3.42. The second-order valence-corrected chi connectivity index (χ2v) is 5.35. The molecular formula is C17H19N3O2. The van der Waals surface area contributed by atoms with E-state index < -0.39 is 0 Å². The highest BCUT2D eigenvalue weighted by atomic mass is 16.5. The molecule has 1 aromatic carbocycles. The molecule has 1 N–H and O–H groups in total. The summed E-state index contributed by atoms with van der Waals surface area (Å²) in [4.78, 5) is 18.5. The average Bonchev–Trinajstić information content (AvgIpc) is 3.04. The number of benzene rings is 1. The number of nitrogens with zero attached hydrogens (tertiary/aromatic N) is 2. The van der Waals surface area contributed by atoms with E-state index >= 15 is 0 Å². The molecule has 1 amide bonds. The first kappa shape index (κ1) is 14.4. The van der Waals surface area contributed by atoms with Gasteiger partial charge in [-0.1, -0.05) is 0 Å². The minimum atomic E-state index is 0.0677. The predicted octanol–water partition coefficient (Wildman–Crippen LogP) is 2.42. The number of likely N-dealkylation sites (tertiary alicyclic amines) is 1. The van der Waals surface area contributed by atoms with Crippen molar-refractivity contribution in [3.8, 4) is 5.75 Å². The van der Waals surface area contributed by atoms with Gasteiger partial charge < -0.3 is 15.0 Å². The highest BCUT2D eigenvalue weighted by Gasteiger charge is 2.26. The van der Waals surface area contributed by atoms with Crippen molar-refractivity contribution >= 4 is 11.6 Å². The lowest BCUT2D eigenvalue weighted by Crippen LogP contribution is -2.31. The van der Waals surface area contributed by atoms with E-state index in [-0.39, 0.29) is 11.9 Å². The van der Waals surface area contributed by atoms with Crippen molar-refractivity contribution in [3.63, 3.8) is 0 Å². The fourth-order valence-corrected chi connectivity index (χ4v) is 2.66. The van der Waals surface area contributed by atoms with Gasteiger partial charge in [-0.25, -0.2) is 0 Å². The quantitative estimate of drug-likeness (QED) is 0.941. The van der Waals surface area contributed by atoms with Gasteiger partial charge in [-0.15, -0.1) is 0 Å². The molecule has 0 radical (unpaired) electrons. The Morgan fingerprint density at radius 2 is 2.14 bits per heavy atom. The van der Waals surface area contributed by atoms with Crippen LogP contribution in [0.25, 0.3) is 0 Å². The number of carbonyl (C=O) groups excluding carboxylic acids is 1. The zero-order valence-electron chi connectivity index (χ0n) is 12.5. The molecule has 1 aliphatic rings. The van der Waals surface area contributed by atoms with E-state index in [2.05, 4.69) is 10.3 Å². The fraction of sp³-hybridized carbons (Fsp3) is 0.294. The first-order valence-corrected chi connectivity index (χ1v) is 7.36. The van der Waals surface area contributed by atoms with E-state index in [0.29, 0.717) is 12.1 Å². The number of hydrogen-bond acceptors (Lipinski definition) is 4. The second-order valence-electron chi connectivity index (χ2n) is 5.35. The number of amides is 1. The van der Waals surface area contributed by atoms with Crippen LogP contribution < -0.4 is 10.1 Å². The molecule has 2 heterocycles. The molecule has 1 atom stereocenters. The van der Waals surface area contributed by atoms with Crippen LogP contribution in [0.4, 0.5) is 5.69 Å². The third-order valence-corrected chi connectivity index (χ3v) is 3.84. The van der Waals surface area contributed by atoms with Crippen LogP contribution in [0, 0.1) is 0 Å². The maximum atomic E-state index is 12.5. The second kappa shape index (κ2) is 6.47. The van der Waals surface area contributed by atoms with Crippen LogP contribution in [-0.2, 0) is 0 Å². The third-order valence-electron chi connectivity index (χ3n) is 3.84. The summed E-state index contributed by atoms with van der Waals surface area (Å²) in [6, 6.07) is 11.4. The van der Waals surface area contributed by atoms with Crippen LogP contribution in [0.5, 0.6) is 5.75 Å². The van der Waals surface area contributed by atoms with Gasteiger partial charge in [-0.3, -0.25) is 9.78 Å². The summed E-state index contributed by atoms with van der Waals surface area (Å²) < 4.78 is 5.12. The molecule has 1 fully saturated rings. The molecule has 0 aliphatic carbocycles. The lowest BCUT2D eigenvalue weighted by atomic mass is 10.2. The van der Waals surface area contributed by atoms with E-state index in [1.54, 1.807) is 19.5 Å². The standard InChI is InChI=1S/C17H19N3O2/c1-22-16-6-4-13(5-7-16)17(21)20-10-8-15(12-20)19-14-3-2-9-18-11-14/h2-7,9,11,15,19H,8,10,12H2,1H3/t15-/m0/s1. The van der Waals surface area contributed by atoms with Crippen molar-refractivity contribution in [2.45, 2.75) is 12.5 Å². The smallest absolute Gasteiger partial charge is 0.253 e. The lowest BCUT2D eigenvalue weighted by Gasteiger charge is -2.18. The van der Waals surface area contributed by atoms with Gasteiger partial charge in [0.1, 0.15) is 5.75 Å². The Kier molecular flexibility index (Phi) is 4.23. The Labute approximate surface area is 129 Å². The Morgan fingerprint density at radius 3 is 2.82 bits per heavy atom. The van der Waals surface area contributed by atoms with Crippen molar-refractivity contribution in [3.05, 3.63) is 54.4 Å². The van der Waals surface area contributed by atoms with Crippen LogP contribution in [0.15, 0.2) is 48.8 Å². The highest BCUT2D eigenvalue weighted by Crippen LogP contribution is 2.19. The number of pyridine rings is 1.